The van der Waals surface area contributed by atoms with Crippen molar-refractivity contribution >= 4 is 11.8 Å². The van der Waals surface area contributed by atoms with Crippen molar-refractivity contribution in [2.75, 3.05) is 26.7 Å². The van der Waals surface area contributed by atoms with Gasteiger partial charge in [0.2, 0.25) is 5.91 Å². The number of alkyl halides is 2. The molecule has 7 nitrogen and oxygen atoms in total. The highest BCUT2D eigenvalue weighted by atomic mass is 19.3. The number of rotatable bonds is 4. The molecular formula is C25H31F4N5O2. The van der Waals surface area contributed by atoms with Crippen molar-refractivity contribution in [3.05, 3.63) is 41.2 Å². The zero-order valence-corrected chi connectivity index (χ0v) is 20.9. The molecule has 1 saturated heterocycles. The average molecular weight is 510 g/mol. The minimum atomic E-state index is -2.96. The van der Waals surface area contributed by atoms with Gasteiger partial charge in [-0.3, -0.25) is 9.59 Å². The summed E-state index contributed by atoms with van der Waals surface area (Å²) in [5.41, 5.74) is -0.149. The van der Waals surface area contributed by atoms with Crippen LogP contribution in [0.15, 0.2) is 18.2 Å². The molecule has 3 heterocycles. The van der Waals surface area contributed by atoms with Gasteiger partial charge in [0.15, 0.2) is 5.69 Å². The number of likely N-dealkylation sites (tertiary alicyclic amines) is 1. The van der Waals surface area contributed by atoms with Gasteiger partial charge in [-0.05, 0) is 37.6 Å². The Kier molecular flexibility index (Phi) is 6.89. The molecule has 4 rings (SSSR count). The molecule has 0 radical (unpaired) electrons. The summed E-state index contributed by atoms with van der Waals surface area (Å²) < 4.78 is 57.5. The topological polar surface area (TPSA) is 70.5 Å². The van der Waals surface area contributed by atoms with E-state index in [2.05, 4.69) is 10.3 Å². The van der Waals surface area contributed by atoms with Crippen molar-refractivity contribution in [2.45, 2.75) is 58.7 Å². The molecule has 0 aliphatic carbocycles. The molecule has 1 unspecified atom stereocenters. The van der Waals surface area contributed by atoms with Gasteiger partial charge in [-0.25, -0.2) is 22.5 Å². The summed E-state index contributed by atoms with van der Waals surface area (Å²) in [5, 5.41) is 2.73. The number of nitrogens with zero attached hydrogens (tertiary/aromatic N) is 4. The van der Waals surface area contributed by atoms with Crippen LogP contribution in [0.25, 0.3) is 11.4 Å². The van der Waals surface area contributed by atoms with Gasteiger partial charge < -0.3 is 19.7 Å². The van der Waals surface area contributed by atoms with Gasteiger partial charge in [-0.1, -0.05) is 20.8 Å². The highest BCUT2D eigenvalue weighted by Gasteiger charge is 2.45. The van der Waals surface area contributed by atoms with E-state index in [4.69, 9.17) is 0 Å². The fourth-order valence-electron chi connectivity index (χ4n) is 4.73. The largest absolute Gasteiger partial charge is 0.338 e. The molecule has 2 amide bonds. The van der Waals surface area contributed by atoms with Crippen LogP contribution in [0.4, 0.5) is 17.6 Å². The van der Waals surface area contributed by atoms with Crippen LogP contribution in [-0.2, 0) is 17.9 Å². The van der Waals surface area contributed by atoms with Crippen molar-refractivity contribution < 1.29 is 27.2 Å². The van der Waals surface area contributed by atoms with Crippen molar-refractivity contribution in [1.82, 2.24) is 24.7 Å². The number of carbonyl (C=O) groups excluding carboxylic acids is 2. The van der Waals surface area contributed by atoms with E-state index in [-0.39, 0.29) is 23.6 Å². The Morgan fingerprint density at radius 2 is 1.86 bits per heavy atom. The Morgan fingerprint density at radius 3 is 2.47 bits per heavy atom. The third-order valence-corrected chi connectivity index (χ3v) is 6.67. The molecule has 1 fully saturated rings. The van der Waals surface area contributed by atoms with Crippen LogP contribution in [-0.4, -0.2) is 69.8 Å². The second-order valence-corrected chi connectivity index (χ2v) is 10.7. The lowest BCUT2D eigenvalue weighted by Crippen LogP contribution is -2.54. The molecule has 0 saturated carbocycles. The van der Waals surface area contributed by atoms with E-state index in [1.54, 1.807) is 25.3 Å². The number of nitrogens with one attached hydrogen (secondary N) is 1. The third-order valence-electron chi connectivity index (χ3n) is 6.67. The van der Waals surface area contributed by atoms with Gasteiger partial charge in [-0.15, -0.1) is 0 Å². The first-order valence-electron chi connectivity index (χ1n) is 12.0. The maximum absolute atomic E-state index is 14.7. The second-order valence-electron chi connectivity index (χ2n) is 10.7. The number of halogens is 4. The Labute approximate surface area is 207 Å². The van der Waals surface area contributed by atoms with Gasteiger partial charge in [0, 0.05) is 32.1 Å². The van der Waals surface area contributed by atoms with Gasteiger partial charge in [-0.2, -0.15) is 0 Å². The minimum Gasteiger partial charge on any atom is -0.338 e. The van der Waals surface area contributed by atoms with Crippen molar-refractivity contribution in [3.8, 4) is 11.4 Å². The zero-order valence-electron chi connectivity index (χ0n) is 20.9. The molecule has 1 atom stereocenters. The van der Waals surface area contributed by atoms with Gasteiger partial charge >= 0.3 is 0 Å². The quantitative estimate of drug-likeness (QED) is 0.639. The first-order valence-corrected chi connectivity index (χ1v) is 12.0. The predicted molar refractivity (Wildman–Crippen MR) is 125 cm³/mol. The summed E-state index contributed by atoms with van der Waals surface area (Å²) in [6.45, 7) is 6.00. The third kappa shape index (κ3) is 5.25. The highest BCUT2D eigenvalue weighted by molar-refractivity contribution is 5.98. The molecule has 2 aliphatic heterocycles. The molecule has 196 valence electrons. The Balaban J connectivity index is 1.71. The van der Waals surface area contributed by atoms with Gasteiger partial charge in [0.05, 0.1) is 17.8 Å². The number of carbonyl (C=O) groups is 2. The van der Waals surface area contributed by atoms with Crippen molar-refractivity contribution in [1.29, 1.82) is 0 Å². The Morgan fingerprint density at radius 1 is 1.14 bits per heavy atom. The number of hydrogen-bond donors (Lipinski definition) is 1. The normalized spacial score (nSPS) is 19.1. The minimum absolute atomic E-state index is 0.0243. The lowest BCUT2D eigenvalue weighted by Gasteiger charge is -2.33. The van der Waals surface area contributed by atoms with Crippen LogP contribution in [0.5, 0.6) is 0 Å². The van der Waals surface area contributed by atoms with E-state index >= 15 is 0 Å². The number of fused-ring (bicyclic) bond motifs is 1. The average Bonchev–Trinajstić information content (AvgIpc) is 3.24. The Hall–Kier alpha value is -2.95. The molecule has 0 spiro atoms. The molecule has 1 aromatic carbocycles. The van der Waals surface area contributed by atoms with E-state index < -0.39 is 53.8 Å². The first kappa shape index (κ1) is 26.1. The highest BCUT2D eigenvalue weighted by Crippen LogP contribution is 2.31. The standard InChI is InChI=1S/C25H31F4N5O2/c1-24(2,3)20(23(36)33-11-8-25(28,29)14-33)31-22(35)19-18-13-32(4)9-5-10-34(18)21(30-19)16-7-6-15(26)12-17(16)27/h6-7,12,20H,5,8-11,13-14H2,1-4H3,(H,31,35). The lowest BCUT2D eigenvalue weighted by molar-refractivity contribution is -0.136. The summed E-state index contributed by atoms with van der Waals surface area (Å²) in [6, 6.07) is 2.10. The monoisotopic (exact) mass is 509 g/mol. The van der Waals surface area contributed by atoms with E-state index in [0.717, 1.165) is 30.0 Å². The smallest absolute Gasteiger partial charge is 0.272 e. The van der Waals surface area contributed by atoms with E-state index in [0.29, 0.717) is 18.8 Å². The Bertz CT molecular complexity index is 1170. The van der Waals surface area contributed by atoms with Crippen LogP contribution in [0.1, 0.15) is 49.8 Å². The fraction of sp³-hybridized carbons (Fsp3) is 0.560. The van der Waals surface area contributed by atoms with Crippen LogP contribution in [0, 0.1) is 17.0 Å². The molecule has 2 aliphatic rings. The van der Waals surface area contributed by atoms with E-state index in [1.165, 1.54) is 6.07 Å². The van der Waals surface area contributed by atoms with Gasteiger partial charge in [0.1, 0.15) is 23.5 Å². The summed E-state index contributed by atoms with van der Waals surface area (Å²) in [4.78, 5) is 34.3. The number of benzene rings is 1. The first-order chi connectivity index (χ1) is 16.8. The number of aromatic nitrogens is 2. The van der Waals surface area contributed by atoms with Crippen molar-refractivity contribution in [3.63, 3.8) is 0 Å². The molecule has 0 bridgehead atoms. The molecule has 11 heteroatoms. The van der Waals surface area contributed by atoms with Crippen LogP contribution >= 0.6 is 0 Å². The summed E-state index contributed by atoms with van der Waals surface area (Å²) in [7, 11) is 1.89. The van der Waals surface area contributed by atoms with Crippen LogP contribution < -0.4 is 5.32 Å². The number of amides is 2. The number of imidazole rings is 1. The van der Waals surface area contributed by atoms with Crippen LogP contribution in [0.3, 0.4) is 0 Å². The molecule has 36 heavy (non-hydrogen) atoms. The molecule has 1 aromatic heterocycles. The maximum atomic E-state index is 14.7. The van der Waals surface area contributed by atoms with Crippen molar-refractivity contribution in [2.24, 2.45) is 5.41 Å². The van der Waals surface area contributed by atoms with E-state index in [9.17, 15) is 27.2 Å². The number of hydrogen-bond acceptors (Lipinski definition) is 4. The van der Waals surface area contributed by atoms with E-state index in [1.807, 2.05) is 11.9 Å². The maximum Gasteiger partial charge on any atom is 0.272 e. The summed E-state index contributed by atoms with van der Waals surface area (Å²) >= 11 is 0. The fourth-order valence-corrected chi connectivity index (χ4v) is 4.73. The SMILES string of the molecule is CN1CCCn2c(-c3ccc(F)cc3F)nc(C(=O)NC(C(=O)N3CCC(F)(F)C3)C(C)(C)C)c2C1. The lowest BCUT2D eigenvalue weighted by atomic mass is 9.85. The van der Waals surface area contributed by atoms with Gasteiger partial charge in [0.25, 0.3) is 11.8 Å². The molecule has 1 N–H and O–H groups in total. The molecule has 2 aromatic rings. The summed E-state index contributed by atoms with van der Waals surface area (Å²) in [5.74, 6) is -5.52. The predicted octanol–water partition coefficient (Wildman–Crippen LogP) is 3.68. The zero-order chi connectivity index (χ0) is 26.4. The molecular weight excluding hydrogens is 478 g/mol. The summed E-state index contributed by atoms with van der Waals surface area (Å²) in [6.07, 6.45) is 0.306. The van der Waals surface area contributed by atoms with Crippen LogP contribution in [0.2, 0.25) is 0 Å². The second kappa shape index (κ2) is 9.49.